The monoisotopic (exact) mass is 373 g/mol. The van der Waals surface area contributed by atoms with Gasteiger partial charge in [-0.3, -0.25) is 4.79 Å². The topological polar surface area (TPSA) is 45.2 Å². The average molecular weight is 374 g/mol. The van der Waals surface area contributed by atoms with Crippen molar-refractivity contribution in [3.05, 3.63) is 63.8 Å². The van der Waals surface area contributed by atoms with E-state index in [0.29, 0.717) is 27.1 Å². The van der Waals surface area contributed by atoms with Gasteiger partial charge in [0.2, 0.25) is 0 Å². The van der Waals surface area contributed by atoms with Gasteiger partial charge in [-0.25, -0.2) is 4.98 Å². The average Bonchev–Trinajstić information content (AvgIpc) is 2.59. The van der Waals surface area contributed by atoms with Crippen LogP contribution >= 0.6 is 23.2 Å². The Kier molecular flexibility index (Phi) is 4.84. The van der Waals surface area contributed by atoms with Gasteiger partial charge < -0.3 is 10.2 Å². The summed E-state index contributed by atoms with van der Waals surface area (Å²) in [5, 5.41) is 5.84. The van der Waals surface area contributed by atoms with E-state index >= 15 is 0 Å². The van der Waals surface area contributed by atoms with E-state index in [1.165, 1.54) is 0 Å². The number of hydrogen-bond acceptors (Lipinski definition) is 3. The van der Waals surface area contributed by atoms with Crippen molar-refractivity contribution in [2.24, 2.45) is 0 Å². The van der Waals surface area contributed by atoms with E-state index < -0.39 is 0 Å². The molecule has 0 unspecified atom stereocenters. The Morgan fingerprint density at radius 1 is 1.12 bits per heavy atom. The van der Waals surface area contributed by atoms with E-state index in [1.807, 2.05) is 37.3 Å². The summed E-state index contributed by atoms with van der Waals surface area (Å²) in [6.07, 6.45) is 1.60. The van der Waals surface area contributed by atoms with Crippen molar-refractivity contribution in [3.8, 4) is 0 Å². The van der Waals surface area contributed by atoms with Gasteiger partial charge in [0.05, 0.1) is 21.3 Å². The summed E-state index contributed by atoms with van der Waals surface area (Å²) in [5.74, 6) is 0.539. The number of rotatable bonds is 3. The van der Waals surface area contributed by atoms with Gasteiger partial charge in [-0.1, -0.05) is 47.5 Å². The molecule has 1 heterocycles. The van der Waals surface area contributed by atoms with Gasteiger partial charge >= 0.3 is 0 Å². The van der Waals surface area contributed by atoms with Crippen LogP contribution in [0.5, 0.6) is 0 Å². The molecule has 0 bridgehead atoms. The van der Waals surface area contributed by atoms with Crippen molar-refractivity contribution in [1.82, 2.24) is 9.88 Å². The minimum Gasteiger partial charge on any atom is -0.345 e. The Morgan fingerprint density at radius 3 is 2.56 bits per heavy atom. The van der Waals surface area contributed by atoms with Crippen LogP contribution in [0.3, 0.4) is 0 Å². The van der Waals surface area contributed by atoms with Gasteiger partial charge in [0.25, 0.3) is 5.91 Å². The van der Waals surface area contributed by atoms with Crippen LogP contribution in [0.2, 0.25) is 10.0 Å². The molecular weight excluding hydrogens is 357 g/mol. The molecule has 25 heavy (non-hydrogen) atoms. The number of nitrogens with one attached hydrogen (secondary N) is 1. The van der Waals surface area contributed by atoms with Crippen molar-refractivity contribution in [2.45, 2.75) is 6.92 Å². The fourth-order valence-electron chi connectivity index (χ4n) is 2.72. The minimum absolute atomic E-state index is 0.0841. The van der Waals surface area contributed by atoms with Gasteiger partial charge in [-0.2, -0.15) is 0 Å². The number of nitrogens with zero attached hydrogens (tertiary/aromatic N) is 2. The van der Waals surface area contributed by atoms with Crippen molar-refractivity contribution in [2.75, 3.05) is 19.4 Å². The minimum atomic E-state index is -0.0841. The van der Waals surface area contributed by atoms with Gasteiger partial charge in [0, 0.05) is 31.1 Å². The van der Waals surface area contributed by atoms with E-state index in [-0.39, 0.29) is 5.91 Å². The zero-order chi connectivity index (χ0) is 18.1. The number of aromatic nitrogens is 1. The molecule has 0 saturated heterocycles. The highest BCUT2D eigenvalue weighted by Gasteiger charge is 2.17. The summed E-state index contributed by atoms with van der Waals surface area (Å²) in [7, 11) is 3.45. The third-order valence-electron chi connectivity index (χ3n) is 3.96. The molecule has 1 aromatic heterocycles. The number of benzene rings is 2. The SMILES string of the molecule is Cc1cccc2c(Nc3cccc(Cl)c3Cl)ncc(C(=O)N(C)C)c12. The molecule has 0 fully saturated rings. The predicted octanol–water partition coefficient (Wildman–Crippen LogP) is 5.30. The standard InChI is InChI=1S/C19H17Cl2N3O/c1-11-6-4-7-12-16(11)13(19(25)24(2)3)10-22-18(12)23-15-9-5-8-14(20)17(15)21/h4-10H,1-3H3,(H,22,23). The second kappa shape index (κ2) is 6.90. The third-order valence-corrected chi connectivity index (χ3v) is 4.78. The lowest BCUT2D eigenvalue weighted by Crippen LogP contribution is -2.22. The highest BCUT2D eigenvalue weighted by Crippen LogP contribution is 2.34. The lowest BCUT2D eigenvalue weighted by atomic mass is 10.0. The Hall–Kier alpha value is -2.30. The second-order valence-corrected chi connectivity index (χ2v) is 6.73. The highest BCUT2D eigenvalue weighted by molar-refractivity contribution is 6.43. The molecule has 0 radical (unpaired) electrons. The molecule has 3 rings (SSSR count). The van der Waals surface area contributed by atoms with Gasteiger partial charge in [0.1, 0.15) is 5.82 Å². The van der Waals surface area contributed by atoms with E-state index in [2.05, 4.69) is 10.3 Å². The lowest BCUT2D eigenvalue weighted by molar-refractivity contribution is 0.0829. The molecule has 2 aromatic carbocycles. The largest absolute Gasteiger partial charge is 0.345 e. The normalized spacial score (nSPS) is 10.8. The zero-order valence-electron chi connectivity index (χ0n) is 14.1. The molecule has 3 aromatic rings. The van der Waals surface area contributed by atoms with Crippen molar-refractivity contribution in [1.29, 1.82) is 0 Å². The maximum Gasteiger partial charge on any atom is 0.255 e. The Balaban J connectivity index is 2.18. The summed E-state index contributed by atoms with van der Waals surface area (Å²) in [6.45, 7) is 1.98. The molecule has 0 atom stereocenters. The maximum atomic E-state index is 12.5. The third kappa shape index (κ3) is 3.28. The molecule has 128 valence electrons. The first-order valence-corrected chi connectivity index (χ1v) is 8.46. The molecular formula is C19H17Cl2N3O. The number of fused-ring (bicyclic) bond motifs is 1. The number of amides is 1. The van der Waals surface area contributed by atoms with Crippen LogP contribution in [0.1, 0.15) is 15.9 Å². The smallest absolute Gasteiger partial charge is 0.255 e. The second-order valence-electron chi connectivity index (χ2n) is 5.94. The number of hydrogen-bond donors (Lipinski definition) is 1. The van der Waals surface area contributed by atoms with Crippen LogP contribution in [-0.2, 0) is 0 Å². The van der Waals surface area contributed by atoms with Crippen LogP contribution in [0.25, 0.3) is 10.8 Å². The molecule has 0 aliphatic rings. The first-order chi connectivity index (χ1) is 11.9. The molecule has 4 nitrogen and oxygen atoms in total. The highest BCUT2D eigenvalue weighted by atomic mass is 35.5. The number of aryl methyl sites for hydroxylation is 1. The molecule has 6 heteroatoms. The van der Waals surface area contributed by atoms with Crippen molar-refractivity contribution in [3.63, 3.8) is 0 Å². The first-order valence-electron chi connectivity index (χ1n) is 7.71. The molecule has 0 aliphatic carbocycles. The summed E-state index contributed by atoms with van der Waals surface area (Å²) < 4.78 is 0. The van der Waals surface area contributed by atoms with E-state index in [0.717, 1.165) is 16.3 Å². The number of carbonyl (C=O) groups is 1. The van der Waals surface area contributed by atoms with E-state index in [4.69, 9.17) is 23.2 Å². The molecule has 1 amide bonds. The summed E-state index contributed by atoms with van der Waals surface area (Å²) in [6, 6.07) is 11.2. The van der Waals surface area contributed by atoms with Gasteiger partial charge in [-0.05, 0) is 24.6 Å². The Morgan fingerprint density at radius 2 is 1.84 bits per heavy atom. The van der Waals surface area contributed by atoms with Gasteiger partial charge in [0.15, 0.2) is 0 Å². The molecule has 0 aliphatic heterocycles. The van der Waals surface area contributed by atoms with Crippen LogP contribution in [-0.4, -0.2) is 29.9 Å². The Labute approximate surface area is 156 Å². The fourth-order valence-corrected chi connectivity index (χ4v) is 3.06. The number of halogens is 2. The van der Waals surface area contributed by atoms with Crippen molar-refractivity contribution >= 4 is 51.4 Å². The van der Waals surface area contributed by atoms with E-state index in [1.54, 1.807) is 31.3 Å². The van der Waals surface area contributed by atoms with Crippen LogP contribution in [0.15, 0.2) is 42.6 Å². The van der Waals surface area contributed by atoms with Crippen LogP contribution in [0.4, 0.5) is 11.5 Å². The maximum absolute atomic E-state index is 12.5. The number of carbonyl (C=O) groups excluding carboxylic acids is 1. The lowest BCUT2D eigenvalue weighted by Gasteiger charge is -2.16. The van der Waals surface area contributed by atoms with E-state index in [9.17, 15) is 4.79 Å². The van der Waals surface area contributed by atoms with Crippen molar-refractivity contribution < 1.29 is 4.79 Å². The van der Waals surface area contributed by atoms with Crippen LogP contribution < -0.4 is 5.32 Å². The number of pyridine rings is 1. The Bertz CT molecular complexity index is 970. The molecule has 0 spiro atoms. The van der Waals surface area contributed by atoms with Gasteiger partial charge in [-0.15, -0.1) is 0 Å². The first kappa shape index (κ1) is 17.5. The summed E-state index contributed by atoms with van der Waals surface area (Å²) in [4.78, 5) is 18.5. The predicted molar refractivity (Wildman–Crippen MR) is 104 cm³/mol. The summed E-state index contributed by atoms with van der Waals surface area (Å²) in [5.41, 5.74) is 2.24. The molecule has 0 saturated carbocycles. The summed E-state index contributed by atoms with van der Waals surface area (Å²) >= 11 is 12.3. The quantitative estimate of drug-likeness (QED) is 0.677. The zero-order valence-corrected chi connectivity index (χ0v) is 15.6. The molecule has 1 N–H and O–H groups in total. The van der Waals surface area contributed by atoms with Crippen LogP contribution in [0, 0.1) is 6.92 Å². The fraction of sp³-hybridized carbons (Fsp3) is 0.158. The number of anilines is 2.